The predicted octanol–water partition coefficient (Wildman–Crippen LogP) is 7.22. The lowest BCUT2D eigenvalue weighted by Gasteiger charge is -2.23. The van der Waals surface area contributed by atoms with Crippen molar-refractivity contribution < 1.29 is 32.2 Å². The lowest BCUT2D eigenvalue weighted by molar-refractivity contribution is -0.112. The summed E-state index contributed by atoms with van der Waals surface area (Å²) in [6.45, 7) is 0.917. The zero-order valence-electron chi connectivity index (χ0n) is 20.8. The summed E-state index contributed by atoms with van der Waals surface area (Å²) in [6.07, 6.45) is 1.20. The highest BCUT2D eigenvalue weighted by Crippen LogP contribution is 2.41. The number of methoxy groups -OCH3 is 1. The number of anilines is 1. The van der Waals surface area contributed by atoms with E-state index in [2.05, 4.69) is 10.3 Å². The molecule has 6 nitrogen and oxygen atoms in total. The number of hydrogen-bond acceptors (Lipinski definition) is 6. The molecule has 1 saturated carbocycles. The van der Waals surface area contributed by atoms with E-state index >= 15 is 0 Å². The summed E-state index contributed by atoms with van der Waals surface area (Å²) in [6, 6.07) is 10.1. The van der Waals surface area contributed by atoms with Gasteiger partial charge in [0.2, 0.25) is 0 Å². The molecule has 1 amide bonds. The summed E-state index contributed by atoms with van der Waals surface area (Å²) < 4.78 is 58.8. The van der Waals surface area contributed by atoms with Crippen molar-refractivity contribution in [1.29, 1.82) is 0 Å². The average molecular weight is 545 g/mol. The van der Waals surface area contributed by atoms with E-state index in [1.54, 1.807) is 35.7 Å². The number of nitrogens with zero attached hydrogens (tertiary/aromatic N) is 1. The Kier molecular flexibility index (Phi) is 7.60. The Bertz CT molecular complexity index is 1350. The normalized spacial score (nSPS) is 16.3. The average Bonchev–Trinajstić information content (AvgIpc) is 3.39. The number of ether oxygens (including phenoxy) is 3. The van der Waals surface area contributed by atoms with Crippen LogP contribution in [0.25, 0.3) is 16.8 Å². The molecular weight excluding hydrogens is 517 g/mol. The summed E-state index contributed by atoms with van der Waals surface area (Å²) in [5.41, 5.74) is 1.00. The molecule has 1 fully saturated rings. The molecule has 0 unspecified atom stereocenters. The molecule has 2 aromatic carbocycles. The van der Waals surface area contributed by atoms with Crippen LogP contribution in [0.15, 0.2) is 47.9 Å². The van der Waals surface area contributed by atoms with Crippen molar-refractivity contribution in [2.24, 2.45) is 0 Å². The maximum Gasteiger partial charge on any atom is 0.417 e. The number of rotatable bonds is 6. The van der Waals surface area contributed by atoms with Gasteiger partial charge in [0.1, 0.15) is 19.0 Å². The Labute approximate surface area is 222 Å². The molecular formula is C28H27F3N2O4S. The summed E-state index contributed by atoms with van der Waals surface area (Å²) in [7, 11) is 1.34. The number of fused-ring (bicyclic) bond motifs is 1. The van der Waals surface area contributed by atoms with Crippen molar-refractivity contribution in [2.75, 3.05) is 25.6 Å². The number of alkyl halides is 3. The van der Waals surface area contributed by atoms with E-state index in [-0.39, 0.29) is 16.4 Å². The number of thiazole rings is 1. The molecule has 3 aromatic rings. The Morgan fingerprint density at radius 3 is 2.58 bits per heavy atom. The zero-order valence-corrected chi connectivity index (χ0v) is 21.6. The fraction of sp³-hybridized carbons (Fsp3) is 0.357. The Hall–Kier alpha value is -3.53. The highest BCUT2D eigenvalue weighted by atomic mass is 32.1. The smallest absolute Gasteiger partial charge is 0.417 e. The van der Waals surface area contributed by atoms with Crippen LogP contribution in [-0.4, -0.2) is 37.4 Å². The fourth-order valence-electron chi connectivity index (χ4n) is 4.87. The maximum atomic E-state index is 14.1. The molecule has 2 aliphatic rings. The quantitative estimate of drug-likeness (QED) is 0.332. The van der Waals surface area contributed by atoms with Gasteiger partial charge in [-0.2, -0.15) is 13.2 Å². The molecule has 1 aliphatic heterocycles. The third kappa shape index (κ3) is 5.80. The number of carbonyl (C=O) groups is 1. The highest BCUT2D eigenvalue weighted by Gasteiger charge is 2.37. The molecule has 5 rings (SSSR count). The monoisotopic (exact) mass is 544 g/mol. The molecule has 0 atom stereocenters. The van der Waals surface area contributed by atoms with Gasteiger partial charge < -0.3 is 14.2 Å². The van der Waals surface area contributed by atoms with Gasteiger partial charge in [-0.1, -0.05) is 31.4 Å². The minimum atomic E-state index is -4.77. The summed E-state index contributed by atoms with van der Waals surface area (Å²) in [5.74, 6) is 0.698. The Balaban J connectivity index is 1.36. The third-order valence-corrected chi connectivity index (χ3v) is 7.50. The number of carbonyl (C=O) groups excluding carboxylic acids is 1. The molecule has 0 bridgehead atoms. The Morgan fingerprint density at radius 2 is 1.84 bits per heavy atom. The van der Waals surface area contributed by atoms with Crippen molar-refractivity contribution >= 4 is 27.9 Å². The first-order chi connectivity index (χ1) is 18.3. The first-order valence-electron chi connectivity index (χ1n) is 12.5. The molecule has 0 saturated heterocycles. The molecule has 38 heavy (non-hydrogen) atoms. The molecule has 1 N–H and O–H groups in total. The minimum Gasteiger partial charge on any atom is -0.496 e. The third-order valence-electron chi connectivity index (χ3n) is 6.75. The topological polar surface area (TPSA) is 69.7 Å². The van der Waals surface area contributed by atoms with E-state index in [0.29, 0.717) is 42.4 Å². The lowest BCUT2D eigenvalue weighted by Crippen LogP contribution is -2.17. The highest BCUT2D eigenvalue weighted by molar-refractivity contribution is 7.14. The Morgan fingerprint density at radius 1 is 1.08 bits per heavy atom. The summed E-state index contributed by atoms with van der Waals surface area (Å²) in [4.78, 5) is 17.1. The van der Waals surface area contributed by atoms with Gasteiger partial charge in [0, 0.05) is 22.6 Å². The first kappa shape index (κ1) is 26.1. The van der Waals surface area contributed by atoms with Crippen LogP contribution in [-0.2, 0) is 4.79 Å². The van der Waals surface area contributed by atoms with Gasteiger partial charge in [-0.05, 0) is 48.6 Å². The SMILES string of the molecule is COc1cc(C2CCCCC2)ccc1C(=CC(=O)Nc1nc(-c2ccc3c(c2)OCCO3)cs1)C(F)(F)F. The van der Waals surface area contributed by atoms with Gasteiger partial charge in [-0.25, -0.2) is 4.98 Å². The van der Waals surface area contributed by atoms with Crippen molar-refractivity contribution in [2.45, 2.75) is 44.2 Å². The van der Waals surface area contributed by atoms with E-state index in [4.69, 9.17) is 14.2 Å². The van der Waals surface area contributed by atoms with Crippen LogP contribution >= 0.6 is 11.3 Å². The number of aromatic nitrogens is 1. The van der Waals surface area contributed by atoms with E-state index in [1.807, 2.05) is 0 Å². The predicted molar refractivity (Wildman–Crippen MR) is 140 cm³/mol. The van der Waals surface area contributed by atoms with Gasteiger partial charge >= 0.3 is 6.18 Å². The van der Waals surface area contributed by atoms with Gasteiger partial charge in [0.05, 0.1) is 18.4 Å². The molecule has 0 spiro atoms. The van der Waals surface area contributed by atoms with Gasteiger partial charge in [-0.15, -0.1) is 11.3 Å². The summed E-state index contributed by atoms with van der Waals surface area (Å²) in [5, 5.41) is 4.35. The fourth-order valence-corrected chi connectivity index (χ4v) is 5.59. The van der Waals surface area contributed by atoms with Crippen LogP contribution in [0.1, 0.15) is 49.1 Å². The van der Waals surface area contributed by atoms with Gasteiger partial charge in [-0.3, -0.25) is 10.1 Å². The van der Waals surface area contributed by atoms with E-state index < -0.39 is 17.7 Å². The van der Waals surface area contributed by atoms with E-state index in [9.17, 15) is 18.0 Å². The van der Waals surface area contributed by atoms with Crippen molar-refractivity contribution in [3.8, 4) is 28.5 Å². The molecule has 1 aliphatic carbocycles. The van der Waals surface area contributed by atoms with E-state index in [0.717, 1.165) is 48.1 Å². The second kappa shape index (κ2) is 11.1. The molecule has 0 radical (unpaired) electrons. The maximum absolute atomic E-state index is 14.1. The molecule has 1 aromatic heterocycles. The molecule has 2 heterocycles. The summed E-state index contributed by atoms with van der Waals surface area (Å²) >= 11 is 1.12. The van der Waals surface area contributed by atoms with Crippen LogP contribution < -0.4 is 19.5 Å². The number of amides is 1. The second-order valence-corrected chi connectivity index (χ2v) is 10.1. The second-order valence-electron chi connectivity index (χ2n) is 9.24. The van der Waals surface area contributed by atoms with Crippen molar-refractivity contribution in [3.63, 3.8) is 0 Å². The number of allylic oxidation sites excluding steroid dienone is 1. The zero-order chi connectivity index (χ0) is 26.7. The lowest BCUT2D eigenvalue weighted by atomic mass is 9.83. The first-order valence-corrected chi connectivity index (χ1v) is 13.3. The van der Waals surface area contributed by atoms with Crippen LogP contribution in [0.5, 0.6) is 17.2 Å². The van der Waals surface area contributed by atoms with Gasteiger partial charge in [0.15, 0.2) is 16.6 Å². The minimum absolute atomic E-state index is 0.0968. The molecule has 200 valence electrons. The van der Waals surface area contributed by atoms with E-state index in [1.165, 1.54) is 19.6 Å². The van der Waals surface area contributed by atoms with Crippen LogP contribution in [0.3, 0.4) is 0 Å². The largest absolute Gasteiger partial charge is 0.496 e. The standard InChI is InChI=1S/C28H27F3N2O4S/c1-35-24-13-18(17-5-3-2-4-6-17)7-9-20(24)21(28(29,30)31)15-26(34)33-27-32-22(16-38-27)19-8-10-23-25(14-19)37-12-11-36-23/h7-10,13-17H,2-6,11-12H2,1H3,(H,32,33,34). The van der Waals surface area contributed by atoms with Crippen molar-refractivity contribution in [3.05, 3.63) is 59.0 Å². The van der Waals surface area contributed by atoms with Crippen molar-refractivity contribution in [1.82, 2.24) is 4.98 Å². The number of halogens is 3. The number of benzene rings is 2. The number of hydrogen-bond donors (Lipinski definition) is 1. The molecule has 10 heteroatoms. The van der Waals surface area contributed by atoms with Crippen LogP contribution in [0.4, 0.5) is 18.3 Å². The van der Waals surface area contributed by atoms with Crippen LogP contribution in [0, 0.1) is 0 Å². The number of nitrogens with one attached hydrogen (secondary N) is 1. The van der Waals surface area contributed by atoms with Crippen LogP contribution in [0.2, 0.25) is 0 Å². The van der Waals surface area contributed by atoms with Gasteiger partial charge in [0.25, 0.3) is 5.91 Å².